The van der Waals surface area contributed by atoms with Gasteiger partial charge in [0, 0.05) is 19.8 Å². The van der Waals surface area contributed by atoms with Gasteiger partial charge in [-0.1, -0.05) is 23.4 Å². The number of aromatic nitrogens is 2. The molecule has 0 fully saturated rings. The topological polar surface area (TPSA) is 95.2 Å². The van der Waals surface area contributed by atoms with Crippen LogP contribution in [0.25, 0.3) is 11.3 Å². The van der Waals surface area contributed by atoms with Crippen LogP contribution in [-0.4, -0.2) is 47.9 Å². The van der Waals surface area contributed by atoms with E-state index in [0.29, 0.717) is 16.5 Å². The minimum absolute atomic E-state index is 0.0676. The van der Waals surface area contributed by atoms with E-state index in [1.54, 1.807) is 25.3 Å². The number of hydrogen-bond acceptors (Lipinski definition) is 5. The van der Waals surface area contributed by atoms with Crippen LogP contribution in [0.1, 0.15) is 6.92 Å². The number of hydrogen-bond donors (Lipinski definition) is 2. The molecule has 1 amide bonds. The SMILES string of the molecule is C[C@@H](Sc1ncc(-c2ccc(F)cc2)[nH]1)C(=O)Nc1ccc(Cl)c(S(=O)(=O)N(C)C)c1. The highest BCUT2D eigenvalue weighted by Gasteiger charge is 2.22. The Morgan fingerprint density at radius 2 is 1.90 bits per heavy atom. The van der Waals surface area contributed by atoms with Crippen molar-refractivity contribution < 1.29 is 17.6 Å². The second-order valence-electron chi connectivity index (χ2n) is 6.79. The average Bonchev–Trinajstić information content (AvgIpc) is 3.18. The molecule has 0 aliphatic heterocycles. The van der Waals surface area contributed by atoms with Gasteiger partial charge in [-0.25, -0.2) is 22.1 Å². The summed E-state index contributed by atoms with van der Waals surface area (Å²) in [7, 11) is -0.951. The molecule has 31 heavy (non-hydrogen) atoms. The van der Waals surface area contributed by atoms with Gasteiger partial charge in [0.1, 0.15) is 10.7 Å². The Morgan fingerprint density at radius 3 is 2.55 bits per heavy atom. The maximum Gasteiger partial charge on any atom is 0.244 e. The molecule has 0 unspecified atom stereocenters. The largest absolute Gasteiger partial charge is 0.333 e. The summed E-state index contributed by atoms with van der Waals surface area (Å²) in [5, 5.41) is 2.76. The predicted octanol–water partition coefficient (Wildman–Crippen LogP) is 4.24. The Hall–Kier alpha value is -2.40. The molecule has 3 rings (SSSR count). The molecular weight excluding hydrogens is 463 g/mol. The number of H-pyrrole nitrogens is 1. The number of carbonyl (C=O) groups is 1. The summed E-state index contributed by atoms with van der Waals surface area (Å²) in [4.78, 5) is 19.9. The Labute approximate surface area is 189 Å². The van der Waals surface area contributed by atoms with Gasteiger partial charge >= 0.3 is 0 Å². The number of nitrogens with one attached hydrogen (secondary N) is 2. The highest BCUT2D eigenvalue weighted by Crippen LogP contribution is 2.28. The van der Waals surface area contributed by atoms with Gasteiger partial charge in [-0.3, -0.25) is 4.79 Å². The van der Waals surface area contributed by atoms with Crippen LogP contribution in [0.3, 0.4) is 0 Å². The third-order valence-corrected chi connectivity index (χ3v) is 7.62. The summed E-state index contributed by atoms with van der Waals surface area (Å²) in [5.74, 6) is -0.660. The van der Waals surface area contributed by atoms with Crippen LogP contribution >= 0.6 is 23.4 Å². The minimum atomic E-state index is -3.75. The molecule has 0 aliphatic carbocycles. The number of sulfonamides is 1. The van der Waals surface area contributed by atoms with Crippen molar-refractivity contribution in [3.8, 4) is 11.3 Å². The number of nitrogens with zero attached hydrogens (tertiary/aromatic N) is 2. The van der Waals surface area contributed by atoms with Crippen LogP contribution < -0.4 is 5.32 Å². The lowest BCUT2D eigenvalue weighted by atomic mass is 10.2. The van der Waals surface area contributed by atoms with Gasteiger partial charge in [-0.05, 0) is 55.0 Å². The highest BCUT2D eigenvalue weighted by molar-refractivity contribution is 8.00. The van der Waals surface area contributed by atoms with E-state index in [1.807, 2.05) is 0 Å². The lowest BCUT2D eigenvalue weighted by Gasteiger charge is -2.15. The smallest absolute Gasteiger partial charge is 0.244 e. The summed E-state index contributed by atoms with van der Waals surface area (Å²) >= 11 is 7.24. The predicted molar refractivity (Wildman–Crippen MR) is 120 cm³/mol. The third kappa shape index (κ3) is 5.45. The lowest BCUT2D eigenvalue weighted by Crippen LogP contribution is -2.24. The number of benzene rings is 2. The quantitative estimate of drug-likeness (QED) is 0.491. The molecule has 0 spiro atoms. The lowest BCUT2D eigenvalue weighted by molar-refractivity contribution is -0.115. The number of aromatic amines is 1. The molecule has 1 aromatic heterocycles. The van der Waals surface area contributed by atoms with E-state index < -0.39 is 15.3 Å². The zero-order valence-electron chi connectivity index (χ0n) is 16.9. The number of carbonyl (C=O) groups excluding carboxylic acids is 1. The summed E-state index contributed by atoms with van der Waals surface area (Å²) in [6.45, 7) is 1.70. The van der Waals surface area contributed by atoms with Crippen molar-refractivity contribution in [3.63, 3.8) is 0 Å². The molecular formula is C20H20ClFN4O3S2. The molecule has 1 atom stereocenters. The Bertz CT molecular complexity index is 1200. The Morgan fingerprint density at radius 1 is 1.23 bits per heavy atom. The van der Waals surface area contributed by atoms with Crippen LogP contribution in [0.2, 0.25) is 5.02 Å². The third-order valence-electron chi connectivity index (χ3n) is 4.32. The van der Waals surface area contributed by atoms with Gasteiger partial charge in [0.15, 0.2) is 5.16 Å². The van der Waals surface area contributed by atoms with E-state index in [-0.39, 0.29) is 21.6 Å². The van der Waals surface area contributed by atoms with Gasteiger partial charge in [0.25, 0.3) is 0 Å². The molecule has 0 saturated heterocycles. The van der Waals surface area contributed by atoms with Crippen molar-refractivity contribution in [1.29, 1.82) is 0 Å². The Balaban J connectivity index is 1.70. The fraction of sp³-hybridized carbons (Fsp3) is 0.200. The molecule has 3 aromatic rings. The molecule has 164 valence electrons. The molecule has 0 aliphatic rings. The molecule has 2 N–H and O–H groups in total. The van der Waals surface area contributed by atoms with Gasteiger partial charge in [0.05, 0.1) is 22.2 Å². The van der Waals surface area contributed by atoms with Gasteiger partial charge in [0.2, 0.25) is 15.9 Å². The van der Waals surface area contributed by atoms with Crippen LogP contribution in [0.15, 0.2) is 58.7 Å². The van der Waals surface area contributed by atoms with Gasteiger partial charge in [-0.2, -0.15) is 0 Å². The number of thioether (sulfide) groups is 1. The zero-order valence-corrected chi connectivity index (χ0v) is 19.3. The fourth-order valence-corrected chi connectivity index (χ4v) is 4.76. The van der Waals surface area contributed by atoms with E-state index in [9.17, 15) is 17.6 Å². The summed E-state index contributed by atoms with van der Waals surface area (Å²) in [5.41, 5.74) is 1.79. The van der Waals surface area contributed by atoms with E-state index in [1.165, 1.54) is 56.2 Å². The molecule has 0 bridgehead atoms. The molecule has 0 saturated carbocycles. The fourth-order valence-electron chi connectivity index (χ4n) is 2.58. The number of anilines is 1. The normalized spacial score (nSPS) is 12.7. The van der Waals surface area contributed by atoms with Crippen molar-refractivity contribution in [1.82, 2.24) is 14.3 Å². The molecule has 2 aromatic carbocycles. The van der Waals surface area contributed by atoms with Crippen LogP contribution in [-0.2, 0) is 14.8 Å². The van der Waals surface area contributed by atoms with E-state index in [0.717, 1.165) is 9.87 Å². The van der Waals surface area contributed by atoms with Crippen LogP contribution in [0.4, 0.5) is 10.1 Å². The van der Waals surface area contributed by atoms with Gasteiger partial charge in [-0.15, -0.1) is 0 Å². The molecule has 0 radical (unpaired) electrons. The van der Waals surface area contributed by atoms with Gasteiger partial charge < -0.3 is 10.3 Å². The maximum absolute atomic E-state index is 13.1. The first-order valence-corrected chi connectivity index (χ1v) is 11.8. The molecule has 7 nitrogen and oxygen atoms in total. The van der Waals surface area contributed by atoms with Crippen molar-refractivity contribution in [2.24, 2.45) is 0 Å². The monoisotopic (exact) mass is 482 g/mol. The van der Waals surface area contributed by atoms with E-state index in [2.05, 4.69) is 15.3 Å². The number of halogens is 2. The van der Waals surface area contributed by atoms with Crippen molar-refractivity contribution in [2.45, 2.75) is 22.2 Å². The number of imidazole rings is 1. The summed E-state index contributed by atoms with van der Waals surface area (Å²) in [6.07, 6.45) is 1.61. The maximum atomic E-state index is 13.1. The highest BCUT2D eigenvalue weighted by atomic mass is 35.5. The van der Waals surface area contributed by atoms with Crippen LogP contribution in [0.5, 0.6) is 0 Å². The summed E-state index contributed by atoms with van der Waals surface area (Å²) < 4.78 is 38.9. The second-order valence-corrected chi connectivity index (χ2v) is 10.6. The molecule has 11 heteroatoms. The molecule has 1 heterocycles. The van der Waals surface area contributed by atoms with E-state index >= 15 is 0 Å². The number of rotatable bonds is 7. The van der Waals surface area contributed by atoms with Crippen molar-refractivity contribution >= 4 is 45.0 Å². The number of amides is 1. The average molecular weight is 483 g/mol. The van der Waals surface area contributed by atoms with Crippen molar-refractivity contribution in [3.05, 3.63) is 59.5 Å². The van der Waals surface area contributed by atoms with Crippen LogP contribution in [0, 0.1) is 5.82 Å². The minimum Gasteiger partial charge on any atom is -0.333 e. The first kappa shape index (κ1) is 23.3. The first-order chi connectivity index (χ1) is 14.6. The summed E-state index contributed by atoms with van der Waals surface area (Å²) in [6, 6.07) is 10.3. The Kier molecular flexibility index (Phi) is 7.05. The zero-order chi connectivity index (χ0) is 22.8. The second kappa shape index (κ2) is 9.39. The standard InChI is InChI=1S/C20H20ClFN4O3S2/c1-12(30-20-23-11-17(25-20)13-4-6-14(22)7-5-13)19(27)24-15-8-9-16(21)18(10-15)31(28,29)26(2)3/h4-12H,1-3H3,(H,23,25)(H,24,27)/t12-/m1/s1. The van der Waals surface area contributed by atoms with E-state index in [4.69, 9.17) is 11.6 Å². The van der Waals surface area contributed by atoms with Crippen molar-refractivity contribution in [2.75, 3.05) is 19.4 Å². The first-order valence-electron chi connectivity index (χ1n) is 9.08.